The van der Waals surface area contributed by atoms with Gasteiger partial charge in [-0.1, -0.05) is 12.1 Å². The van der Waals surface area contributed by atoms with Gasteiger partial charge in [-0.15, -0.1) is 21.5 Å². The van der Waals surface area contributed by atoms with E-state index in [1.54, 1.807) is 25.3 Å². The number of amides is 1. The van der Waals surface area contributed by atoms with Crippen LogP contribution in [0.4, 0.5) is 19.0 Å². The average molecular weight is 695 g/mol. The van der Waals surface area contributed by atoms with Crippen molar-refractivity contribution < 1.29 is 27.1 Å². The summed E-state index contributed by atoms with van der Waals surface area (Å²) in [6.45, 7) is 2.62. The second-order valence-electron chi connectivity index (χ2n) is 12.8. The van der Waals surface area contributed by atoms with E-state index in [0.717, 1.165) is 45.1 Å². The van der Waals surface area contributed by atoms with Crippen molar-refractivity contribution in [3.05, 3.63) is 106 Å². The number of ether oxygens (including phenoxy) is 1. The highest BCUT2D eigenvalue weighted by Gasteiger charge is 2.45. The van der Waals surface area contributed by atoms with Gasteiger partial charge in [-0.25, -0.2) is 18.2 Å². The summed E-state index contributed by atoms with van der Waals surface area (Å²) in [4.78, 5) is 26.7. The third-order valence-electron chi connectivity index (χ3n) is 9.70. The van der Waals surface area contributed by atoms with Gasteiger partial charge in [0.2, 0.25) is 11.8 Å². The van der Waals surface area contributed by atoms with Crippen LogP contribution >= 0.6 is 11.3 Å². The zero-order valence-corrected chi connectivity index (χ0v) is 27.6. The van der Waals surface area contributed by atoms with Crippen LogP contribution in [0.1, 0.15) is 70.1 Å². The summed E-state index contributed by atoms with van der Waals surface area (Å²) in [6, 6.07) is 11.9. The number of halogens is 3. The minimum Gasteiger partial charge on any atom is -0.490 e. The van der Waals surface area contributed by atoms with Crippen LogP contribution in [-0.2, 0) is 12.8 Å². The molecule has 1 unspecified atom stereocenters. The maximum absolute atomic E-state index is 14.6. The fraction of sp³-hybridized carbons (Fsp3) is 0.270. The quantitative estimate of drug-likeness (QED) is 0.179. The van der Waals surface area contributed by atoms with Crippen LogP contribution in [0.2, 0.25) is 0 Å². The van der Waals surface area contributed by atoms with Gasteiger partial charge in [-0.3, -0.25) is 9.78 Å². The third-order valence-corrected chi connectivity index (χ3v) is 10.9. The Morgan fingerprint density at radius 3 is 2.66 bits per heavy atom. The van der Waals surface area contributed by atoms with E-state index in [2.05, 4.69) is 20.5 Å². The predicted molar refractivity (Wildman–Crippen MR) is 181 cm³/mol. The largest absolute Gasteiger partial charge is 0.490 e. The molecule has 7 heterocycles. The first-order valence-electron chi connectivity index (χ1n) is 16.5. The second-order valence-corrected chi connectivity index (χ2v) is 13.9. The topological polar surface area (TPSA) is 106 Å². The number of rotatable bonds is 7. The maximum Gasteiger partial charge on any atom is 0.257 e. The summed E-state index contributed by atoms with van der Waals surface area (Å²) in [5.41, 5.74) is 4.60. The van der Waals surface area contributed by atoms with Crippen LogP contribution in [0.15, 0.2) is 59.1 Å². The number of carbonyl (C=O) groups is 1. The number of anilines is 1. The molecule has 2 aromatic carbocycles. The van der Waals surface area contributed by atoms with Gasteiger partial charge in [0.25, 0.3) is 5.91 Å². The van der Waals surface area contributed by atoms with Gasteiger partial charge in [-0.2, -0.15) is 0 Å². The Morgan fingerprint density at radius 2 is 1.84 bits per heavy atom. The Balaban J connectivity index is 1.21. The van der Waals surface area contributed by atoms with Crippen LogP contribution in [-0.4, -0.2) is 44.1 Å². The summed E-state index contributed by atoms with van der Waals surface area (Å²) >= 11 is 1.46. The Bertz CT molecular complexity index is 2320. The Labute approximate surface area is 288 Å². The molecular formula is C37H29F3N6O3S. The second kappa shape index (κ2) is 11.9. The third kappa shape index (κ3) is 5.10. The number of benzene rings is 2. The summed E-state index contributed by atoms with van der Waals surface area (Å²) < 4.78 is 55.1. The number of nitrogens with one attached hydrogen (secondary N) is 1. The first kappa shape index (κ1) is 30.7. The molecule has 2 atom stereocenters. The molecule has 1 saturated heterocycles. The highest BCUT2D eigenvalue weighted by molar-refractivity contribution is 7.23. The molecule has 13 heteroatoms. The number of fused-ring (bicyclic) bond motifs is 5. The van der Waals surface area contributed by atoms with Gasteiger partial charge < -0.3 is 19.4 Å². The monoisotopic (exact) mass is 694 g/mol. The van der Waals surface area contributed by atoms with Gasteiger partial charge in [0.05, 0.1) is 45.9 Å². The van der Waals surface area contributed by atoms with E-state index >= 15 is 0 Å². The lowest BCUT2D eigenvalue weighted by molar-refractivity contribution is 0.0776. The highest BCUT2D eigenvalue weighted by Crippen LogP contribution is 2.50. The van der Waals surface area contributed by atoms with Crippen molar-refractivity contribution in [1.82, 2.24) is 25.1 Å². The van der Waals surface area contributed by atoms with E-state index in [4.69, 9.17) is 14.1 Å². The molecule has 0 saturated carbocycles. The number of hydrogen-bond acceptors (Lipinski definition) is 9. The summed E-state index contributed by atoms with van der Waals surface area (Å²) in [7, 11) is 0. The van der Waals surface area contributed by atoms with Crippen molar-refractivity contribution in [2.45, 2.75) is 51.1 Å². The van der Waals surface area contributed by atoms with Crippen LogP contribution in [0.25, 0.3) is 32.0 Å². The molecule has 9 nitrogen and oxygen atoms in total. The molecular weight excluding hydrogens is 666 g/mol. The van der Waals surface area contributed by atoms with Crippen LogP contribution in [0.5, 0.6) is 5.75 Å². The van der Waals surface area contributed by atoms with Gasteiger partial charge in [0.15, 0.2) is 11.6 Å². The Morgan fingerprint density at radius 1 is 0.980 bits per heavy atom. The van der Waals surface area contributed by atoms with E-state index in [-0.39, 0.29) is 36.0 Å². The molecule has 4 aromatic heterocycles. The van der Waals surface area contributed by atoms with Gasteiger partial charge in [0, 0.05) is 48.2 Å². The van der Waals surface area contributed by atoms with Gasteiger partial charge >= 0.3 is 0 Å². The number of aryl methyl sites for hydroxylation is 3. The zero-order chi connectivity index (χ0) is 34.1. The summed E-state index contributed by atoms with van der Waals surface area (Å²) in [5.74, 6) is -0.589. The fourth-order valence-electron chi connectivity index (χ4n) is 7.45. The molecule has 3 aliphatic heterocycles. The molecule has 252 valence electrons. The molecule has 1 fully saturated rings. The van der Waals surface area contributed by atoms with E-state index in [0.29, 0.717) is 65.5 Å². The van der Waals surface area contributed by atoms with Crippen molar-refractivity contribution in [3.8, 4) is 27.6 Å². The number of thiophene rings is 1. The number of aromatic nitrogens is 4. The van der Waals surface area contributed by atoms with Gasteiger partial charge in [-0.05, 0) is 67.0 Å². The Hall–Kier alpha value is -5.30. The minimum atomic E-state index is -0.744. The zero-order valence-electron chi connectivity index (χ0n) is 26.8. The standard InChI is InChI=1S/C37H29F3N6O3S/c1-18-44-45-36(49-18)29-26(9-6-19-4-7-21(38)8-5-19)42-32-27-3-2-13-46(27)37(47)31(32)30(29)28-15-20-10-12-41-35(34(20)50-28)43-25-11-14-48-33-23(25)16-22(39)17-24(33)40/h4-5,7-8,10,12,15-17,25,27H,2-3,6,9,11,13-14H2,1H3,(H,41,43)/t25-,27?/m0/s1. The minimum absolute atomic E-state index is 0.0354. The summed E-state index contributed by atoms with van der Waals surface area (Å²) in [5, 5.41) is 12.8. The van der Waals surface area contributed by atoms with Crippen LogP contribution < -0.4 is 10.1 Å². The van der Waals surface area contributed by atoms with E-state index < -0.39 is 17.7 Å². The lowest BCUT2D eigenvalue weighted by atomic mass is 9.93. The molecule has 0 aliphatic carbocycles. The van der Waals surface area contributed by atoms with Crippen LogP contribution in [0, 0.1) is 24.4 Å². The van der Waals surface area contributed by atoms with E-state index in [9.17, 15) is 18.0 Å². The average Bonchev–Trinajstić information content (AvgIpc) is 3.91. The fourth-order valence-corrected chi connectivity index (χ4v) is 8.62. The number of nitrogens with zero attached hydrogens (tertiary/aromatic N) is 5. The SMILES string of the molecule is Cc1nnc(-c2c(CCc3ccc(F)cc3)nc3c(c2-c2cc4ccnc(N[C@H]5CCOc6c(F)cc(F)cc65)c4s2)C(=O)N2CCCC32)o1. The number of carbonyl (C=O) groups excluding carboxylic acids is 1. The molecule has 1 N–H and O–H groups in total. The molecule has 1 amide bonds. The molecule has 6 aromatic rings. The molecule has 0 radical (unpaired) electrons. The number of pyridine rings is 2. The lowest BCUT2D eigenvalue weighted by Gasteiger charge is -2.27. The van der Waals surface area contributed by atoms with Crippen LogP contribution in [0.3, 0.4) is 0 Å². The summed E-state index contributed by atoms with van der Waals surface area (Å²) in [6.07, 6.45) is 4.94. The highest BCUT2D eigenvalue weighted by atomic mass is 32.1. The van der Waals surface area contributed by atoms with Gasteiger partial charge in [0.1, 0.15) is 17.5 Å². The first-order valence-corrected chi connectivity index (χ1v) is 17.3. The van der Waals surface area contributed by atoms with E-state index in [1.165, 1.54) is 29.5 Å². The smallest absolute Gasteiger partial charge is 0.257 e. The molecule has 9 rings (SSSR count). The van der Waals surface area contributed by atoms with Crippen molar-refractivity contribution in [2.24, 2.45) is 0 Å². The van der Waals surface area contributed by atoms with Crippen molar-refractivity contribution in [3.63, 3.8) is 0 Å². The number of hydrogen-bond donors (Lipinski definition) is 1. The van der Waals surface area contributed by atoms with E-state index in [1.807, 2.05) is 17.0 Å². The predicted octanol–water partition coefficient (Wildman–Crippen LogP) is 8.15. The first-order chi connectivity index (χ1) is 24.3. The normalized spacial score (nSPS) is 17.9. The molecule has 3 aliphatic rings. The van der Waals surface area contributed by atoms with Crippen molar-refractivity contribution in [2.75, 3.05) is 18.5 Å². The van der Waals surface area contributed by atoms with Crippen molar-refractivity contribution in [1.29, 1.82) is 0 Å². The Kier molecular flexibility index (Phi) is 7.34. The molecule has 0 spiro atoms. The maximum atomic E-state index is 14.6. The van der Waals surface area contributed by atoms with Crippen molar-refractivity contribution >= 4 is 33.1 Å². The molecule has 0 bridgehead atoms. The molecule has 50 heavy (non-hydrogen) atoms. The lowest BCUT2D eigenvalue weighted by Crippen LogP contribution is -2.22.